The molecular weight excluding hydrogens is 378 g/mol. The van der Waals surface area contributed by atoms with E-state index in [1.165, 1.54) is 5.56 Å². The fourth-order valence-corrected chi connectivity index (χ4v) is 3.96. The van der Waals surface area contributed by atoms with Gasteiger partial charge in [-0.15, -0.1) is 11.3 Å². The number of rotatable bonds is 6. The van der Waals surface area contributed by atoms with E-state index >= 15 is 0 Å². The van der Waals surface area contributed by atoms with Crippen LogP contribution in [0.2, 0.25) is 0 Å². The zero-order valence-corrected chi connectivity index (χ0v) is 17.4. The number of hydrogen-bond donors (Lipinski definition) is 0. The van der Waals surface area contributed by atoms with Crippen LogP contribution in [0.25, 0.3) is 16.3 Å². The van der Waals surface area contributed by atoms with Gasteiger partial charge in [0.1, 0.15) is 5.69 Å². The van der Waals surface area contributed by atoms with Crippen LogP contribution in [0.1, 0.15) is 16.7 Å². The topological polar surface area (TPSA) is 38.1 Å². The monoisotopic (exact) mass is 401 g/mol. The first-order valence-corrected chi connectivity index (χ1v) is 10.5. The third-order valence-electron chi connectivity index (χ3n) is 4.87. The summed E-state index contributed by atoms with van der Waals surface area (Å²) >= 11 is 1.66. The highest BCUT2D eigenvalue weighted by Gasteiger charge is 2.17. The van der Waals surface area contributed by atoms with Gasteiger partial charge in [-0.2, -0.15) is 5.10 Å². The highest BCUT2D eigenvalue weighted by Crippen LogP contribution is 2.28. The van der Waals surface area contributed by atoms with E-state index in [2.05, 4.69) is 6.07 Å². The summed E-state index contributed by atoms with van der Waals surface area (Å²) < 4.78 is 1.89. The molecule has 0 aliphatic rings. The van der Waals surface area contributed by atoms with E-state index in [0.717, 1.165) is 27.4 Å². The molecule has 2 heterocycles. The van der Waals surface area contributed by atoms with Crippen molar-refractivity contribution in [2.45, 2.75) is 19.9 Å². The molecule has 4 nitrogen and oxygen atoms in total. The lowest BCUT2D eigenvalue weighted by molar-refractivity contribution is -0.129. The van der Waals surface area contributed by atoms with Crippen LogP contribution >= 0.6 is 11.3 Å². The summed E-state index contributed by atoms with van der Waals surface area (Å²) in [6.07, 6.45) is 2.43. The summed E-state index contributed by atoms with van der Waals surface area (Å²) in [6.45, 7) is 2.57. The van der Waals surface area contributed by atoms with Crippen molar-refractivity contribution >= 4 is 17.2 Å². The normalized spacial score (nSPS) is 10.8. The molecule has 0 unspecified atom stereocenters. The smallest absolute Gasteiger partial charge is 0.227 e. The fourth-order valence-electron chi connectivity index (χ4n) is 3.22. The largest absolute Gasteiger partial charge is 0.341 e. The van der Waals surface area contributed by atoms with Crippen molar-refractivity contribution in [3.8, 4) is 16.3 Å². The van der Waals surface area contributed by atoms with Gasteiger partial charge in [-0.05, 0) is 36.1 Å². The molecule has 4 rings (SSSR count). The Balaban J connectivity index is 1.57. The highest BCUT2D eigenvalue weighted by molar-refractivity contribution is 7.13. The molecule has 2 aromatic carbocycles. The minimum Gasteiger partial charge on any atom is -0.341 e. The molecule has 4 aromatic rings. The van der Waals surface area contributed by atoms with Crippen molar-refractivity contribution in [3.05, 3.63) is 95.0 Å². The molecule has 0 bridgehead atoms. The van der Waals surface area contributed by atoms with Crippen LogP contribution in [0.15, 0.2) is 78.3 Å². The number of aromatic nitrogens is 2. The van der Waals surface area contributed by atoms with Crippen molar-refractivity contribution in [1.29, 1.82) is 0 Å². The van der Waals surface area contributed by atoms with E-state index in [9.17, 15) is 4.79 Å². The van der Waals surface area contributed by atoms with Gasteiger partial charge in [-0.25, -0.2) is 4.68 Å². The summed E-state index contributed by atoms with van der Waals surface area (Å²) in [5.74, 6) is 0.0958. The molecule has 0 saturated carbocycles. The van der Waals surface area contributed by atoms with Crippen LogP contribution in [0.5, 0.6) is 0 Å². The number of aryl methyl sites for hydroxylation is 1. The zero-order valence-electron chi connectivity index (χ0n) is 16.6. The van der Waals surface area contributed by atoms with Gasteiger partial charge in [0.25, 0.3) is 0 Å². The molecule has 0 fully saturated rings. The molecule has 1 amide bonds. The SMILES string of the molecule is Cc1ccc(CC(=O)N(C)Cc2cn(-c3ccccc3)nc2-c2cccs2)cc1. The van der Waals surface area contributed by atoms with Crippen molar-refractivity contribution in [3.63, 3.8) is 0 Å². The number of hydrogen-bond acceptors (Lipinski definition) is 3. The van der Waals surface area contributed by atoms with Crippen molar-refractivity contribution in [2.75, 3.05) is 7.05 Å². The Bertz CT molecular complexity index is 1080. The first-order chi connectivity index (χ1) is 14.1. The predicted molar refractivity (Wildman–Crippen MR) is 118 cm³/mol. The third kappa shape index (κ3) is 4.46. The highest BCUT2D eigenvalue weighted by atomic mass is 32.1. The van der Waals surface area contributed by atoms with E-state index in [-0.39, 0.29) is 5.91 Å². The number of amides is 1. The van der Waals surface area contributed by atoms with E-state index in [0.29, 0.717) is 13.0 Å². The van der Waals surface area contributed by atoms with Crippen LogP contribution in [0.4, 0.5) is 0 Å². The van der Waals surface area contributed by atoms with Gasteiger partial charge in [0.15, 0.2) is 0 Å². The fraction of sp³-hybridized carbons (Fsp3) is 0.167. The van der Waals surface area contributed by atoms with E-state index in [1.54, 1.807) is 16.2 Å². The quantitative estimate of drug-likeness (QED) is 0.450. The molecule has 0 radical (unpaired) electrons. The number of carbonyl (C=O) groups is 1. The molecule has 2 aromatic heterocycles. The zero-order chi connectivity index (χ0) is 20.2. The van der Waals surface area contributed by atoms with E-state index < -0.39 is 0 Å². The Morgan fingerprint density at radius 2 is 1.79 bits per heavy atom. The van der Waals surface area contributed by atoms with Crippen molar-refractivity contribution in [1.82, 2.24) is 14.7 Å². The van der Waals surface area contributed by atoms with Gasteiger partial charge >= 0.3 is 0 Å². The summed E-state index contributed by atoms with van der Waals surface area (Å²) in [4.78, 5) is 15.7. The standard InChI is InChI=1S/C24H23N3OS/c1-18-10-12-19(13-11-18)15-23(28)26(2)16-20-17-27(21-7-4-3-5-8-21)25-24(20)22-9-6-14-29-22/h3-14,17H,15-16H2,1-2H3. The van der Waals surface area contributed by atoms with Gasteiger partial charge < -0.3 is 4.90 Å². The van der Waals surface area contributed by atoms with E-state index in [4.69, 9.17) is 5.10 Å². The second-order valence-corrected chi connectivity index (χ2v) is 8.12. The van der Waals surface area contributed by atoms with Crippen molar-refractivity contribution in [2.24, 2.45) is 0 Å². The number of para-hydroxylation sites is 1. The minimum atomic E-state index is 0.0958. The number of nitrogens with zero attached hydrogens (tertiary/aromatic N) is 3. The van der Waals surface area contributed by atoms with Crippen LogP contribution < -0.4 is 0 Å². The lowest BCUT2D eigenvalue weighted by Gasteiger charge is -2.17. The number of thiophene rings is 1. The van der Waals surface area contributed by atoms with Gasteiger partial charge in [0.05, 0.1) is 17.0 Å². The van der Waals surface area contributed by atoms with Gasteiger partial charge in [-0.1, -0.05) is 54.1 Å². The molecule has 0 aliphatic heterocycles. The molecule has 5 heteroatoms. The van der Waals surface area contributed by atoms with Crippen LogP contribution in [0.3, 0.4) is 0 Å². The average molecular weight is 402 g/mol. The molecule has 0 N–H and O–H groups in total. The van der Waals surface area contributed by atoms with Crippen LogP contribution in [-0.4, -0.2) is 27.6 Å². The summed E-state index contributed by atoms with van der Waals surface area (Å²) in [6, 6.07) is 22.3. The Labute approximate surface area is 175 Å². The maximum atomic E-state index is 12.8. The predicted octanol–water partition coefficient (Wildman–Crippen LogP) is 5.11. The summed E-state index contributed by atoms with van der Waals surface area (Å²) in [7, 11) is 1.86. The number of likely N-dealkylation sites (N-methyl/N-ethyl adjacent to an activating group) is 1. The number of benzene rings is 2. The van der Waals surface area contributed by atoms with Crippen molar-refractivity contribution < 1.29 is 4.79 Å². The first-order valence-electron chi connectivity index (χ1n) is 9.57. The van der Waals surface area contributed by atoms with Crippen LogP contribution in [0, 0.1) is 6.92 Å². The molecular formula is C24H23N3OS. The third-order valence-corrected chi connectivity index (χ3v) is 5.75. The second kappa shape index (κ2) is 8.45. The maximum Gasteiger partial charge on any atom is 0.227 e. The number of carbonyl (C=O) groups excluding carboxylic acids is 1. The Hall–Kier alpha value is -3.18. The minimum absolute atomic E-state index is 0.0958. The lowest BCUT2D eigenvalue weighted by atomic mass is 10.1. The average Bonchev–Trinajstić information content (AvgIpc) is 3.40. The Kier molecular flexibility index (Phi) is 5.58. The van der Waals surface area contributed by atoms with Gasteiger partial charge in [0, 0.05) is 25.4 Å². The Morgan fingerprint density at radius 3 is 2.48 bits per heavy atom. The molecule has 0 atom stereocenters. The van der Waals surface area contributed by atoms with Gasteiger partial charge in [0.2, 0.25) is 5.91 Å². The summed E-state index contributed by atoms with van der Waals surface area (Å²) in [5, 5.41) is 6.87. The molecule has 29 heavy (non-hydrogen) atoms. The molecule has 0 saturated heterocycles. The first kappa shape index (κ1) is 19.2. The van der Waals surface area contributed by atoms with Crippen LogP contribution in [-0.2, 0) is 17.8 Å². The molecule has 0 spiro atoms. The molecule has 146 valence electrons. The maximum absolute atomic E-state index is 12.8. The molecule has 0 aliphatic carbocycles. The second-order valence-electron chi connectivity index (χ2n) is 7.17. The van der Waals surface area contributed by atoms with E-state index in [1.807, 2.05) is 90.9 Å². The lowest BCUT2D eigenvalue weighted by Crippen LogP contribution is -2.27. The van der Waals surface area contributed by atoms with Gasteiger partial charge in [-0.3, -0.25) is 4.79 Å². The summed E-state index contributed by atoms with van der Waals surface area (Å²) in [5.41, 5.74) is 5.20. The Morgan fingerprint density at radius 1 is 1.03 bits per heavy atom.